The summed E-state index contributed by atoms with van der Waals surface area (Å²) in [6.45, 7) is 6.75. The van der Waals surface area contributed by atoms with Crippen LogP contribution in [0.1, 0.15) is 26.7 Å². The lowest BCUT2D eigenvalue weighted by atomic mass is 10.0. The summed E-state index contributed by atoms with van der Waals surface area (Å²) in [6.07, 6.45) is 2.40. The SMILES string of the molecule is CC(C)Oc1cc(NCC2CCOCC2)ccc1N. The molecule has 1 aromatic carbocycles. The van der Waals surface area contributed by atoms with Crippen molar-refractivity contribution in [2.45, 2.75) is 32.8 Å². The zero-order valence-corrected chi connectivity index (χ0v) is 11.8. The Balaban J connectivity index is 1.92. The minimum Gasteiger partial charge on any atom is -0.489 e. The van der Waals surface area contributed by atoms with Crippen molar-refractivity contribution in [3.63, 3.8) is 0 Å². The van der Waals surface area contributed by atoms with E-state index in [2.05, 4.69) is 5.32 Å². The van der Waals surface area contributed by atoms with Gasteiger partial charge in [-0.1, -0.05) is 0 Å². The van der Waals surface area contributed by atoms with E-state index in [1.54, 1.807) is 0 Å². The number of rotatable bonds is 5. The molecule has 0 spiro atoms. The Morgan fingerprint density at radius 1 is 1.37 bits per heavy atom. The molecule has 1 fully saturated rings. The molecule has 1 aliphatic rings. The summed E-state index contributed by atoms with van der Waals surface area (Å²) in [6, 6.07) is 5.88. The highest BCUT2D eigenvalue weighted by Crippen LogP contribution is 2.27. The van der Waals surface area contributed by atoms with Crippen LogP contribution in [0.25, 0.3) is 0 Å². The minimum atomic E-state index is 0.132. The lowest BCUT2D eigenvalue weighted by Crippen LogP contribution is -2.22. The topological polar surface area (TPSA) is 56.5 Å². The molecule has 0 atom stereocenters. The Bertz CT molecular complexity index is 401. The molecule has 4 nitrogen and oxygen atoms in total. The highest BCUT2D eigenvalue weighted by atomic mass is 16.5. The van der Waals surface area contributed by atoms with Crippen LogP contribution in [-0.4, -0.2) is 25.9 Å². The summed E-state index contributed by atoms with van der Waals surface area (Å²) in [4.78, 5) is 0. The van der Waals surface area contributed by atoms with Crippen molar-refractivity contribution in [1.82, 2.24) is 0 Å². The number of hydrogen-bond acceptors (Lipinski definition) is 4. The van der Waals surface area contributed by atoms with Crippen molar-refractivity contribution in [3.05, 3.63) is 18.2 Å². The van der Waals surface area contributed by atoms with Crippen molar-refractivity contribution in [1.29, 1.82) is 0 Å². The zero-order chi connectivity index (χ0) is 13.7. The molecule has 0 saturated carbocycles. The van der Waals surface area contributed by atoms with Crippen LogP contribution in [0.3, 0.4) is 0 Å². The van der Waals surface area contributed by atoms with Gasteiger partial charge in [0.1, 0.15) is 5.75 Å². The van der Waals surface area contributed by atoms with Gasteiger partial charge in [-0.2, -0.15) is 0 Å². The van der Waals surface area contributed by atoms with E-state index in [-0.39, 0.29) is 6.10 Å². The number of ether oxygens (including phenoxy) is 2. The second-order valence-electron chi connectivity index (χ2n) is 5.36. The fourth-order valence-corrected chi connectivity index (χ4v) is 2.21. The molecule has 3 N–H and O–H groups in total. The van der Waals surface area contributed by atoms with Gasteiger partial charge in [-0.05, 0) is 44.7 Å². The van der Waals surface area contributed by atoms with Gasteiger partial charge in [-0.15, -0.1) is 0 Å². The summed E-state index contributed by atoms with van der Waals surface area (Å²) in [5, 5.41) is 3.46. The molecule has 0 aliphatic carbocycles. The number of anilines is 2. The molecule has 19 heavy (non-hydrogen) atoms. The third kappa shape index (κ3) is 4.31. The first kappa shape index (κ1) is 14.0. The van der Waals surface area contributed by atoms with E-state index in [1.807, 2.05) is 32.0 Å². The fourth-order valence-electron chi connectivity index (χ4n) is 2.21. The second kappa shape index (κ2) is 6.66. The van der Waals surface area contributed by atoms with E-state index in [1.165, 1.54) is 0 Å². The van der Waals surface area contributed by atoms with Gasteiger partial charge in [-0.3, -0.25) is 0 Å². The van der Waals surface area contributed by atoms with Crippen LogP contribution in [0, 0.1) is 5.92 Å². The van der Waals surface area contributed by atoms with Crippen LogP contribution in [0.15, 0.2) is 18.2 Å². The predicted molar refractivity (Wildman–Crippen MR) is 78.7 cm³/mol. The van der Waals surface area contributed by atoms with E-state index >= 15 is 0 Å². The smallest absolute Gasteiger partial charge is 0.144 e. The standard InChI is InChI=1S/C15H24N2O2/c1-11(2)19-15-9-13(3-4-14(15)16)17-10-12-5-7-18-8-6-12/h3-4,9,11-12,17H,5-8,10,16H2,1-2H3. The highest BCUT2D eigenvalue weighted by Gasteiger charge is 2.13. The quantitative estimate of drug-likeness (QED) is 0.803. The number of hydrogen-bond donors (Lipinski definition) is 2. The van der Waals surface area contributed by atoms with Crippen molar-refractivity contribution in [3.8, 4) is 5.75 Å². The normalized spacial score (nSPS) is 16.6. The predicted octanol–water partition coefficient (Wildman–Crippen LogP) is 2.89. The summed E-state index contributed by atoms with van der Waals surface area (Å²) in [5.41, 5.74) is 7.66. The number of nitrogens with two attached hydrogens (primary N) is 1. The van der Waals surface area contributed by atoms with Crippen LogP contribution in [0.2, 0.25) is 0 Å². The molecule has 2 rings (SSSR count). The molecule has 1 heterocycles. The molecule has 0 amide bonds. The van der Waals surface area contributed by atoms with E-state index in [9.17, 15) is 0 Å². The Labute approximate surface area is 115 Å². The van der Waals surface area contributed by atoms with Gasteiger partial charge >= 0.3 is 0 Å². The summed E-state index contributed by atoms with van der Waals surface area (Å²) < 4.78 is 11.1. The van der Waals surface area contributed by atoms with Crippen LogP contribution in [0.4, 0.5) is 11.4 Å². The number of nitrogens with one attached hydrogen (secondary N) is 1. The van der Waals surface area contributed by atoms with Crippen molar-refractivity contribution in [2.75, 3.05) is 30.8 Å². The van der Waals surface area contributed by atoms with Gasteiger partial charge in [0.2, 0.25) is 0 Å². The zero-order valence-electron chi connectivity index (χ0n) is 11.8. The molecule has 1 aromatic rings. The lowest BCUT2D eigenvalue weighted by molar-refractivity contribution is 0.0699. The third-order valence-corrected chi connectivity index (χ3v) is 3.31. The van der Waals surface area contributed by atoms with Crippen LogP contribution < -0.4 is 15.8 Å². The largest absolute Gasteiger partial charge is 0.489 e. The number of benzene rings is 1. The first-order chi connectivity index (χ1) is 9.15. The van der Waals surface area contributed by atoms with Gasteiger partial charge in [0.05, 0.1) is 11.8 Å². The van der Waals surface area contributed by atoms with Crippen molar-refractivity contribution < 1.29 is 9.47 Å². The van der Waals surface area contributed by atoms with Gasteiger partial charge in [0.25, 0.3) is 0 Å². The molecule has 1 aliphatic heterocycles. The van der Waals surface area contributed by atoms with Gasteiger partial charge in [-0.25, -0.2) is 0 Å². The van der Waals surface area contributed by atoms with E-state index < -0.39 is 0 Å². The van der Waals surface area contributed by atoms with E-state index in [0.717, 1.165) is 44.0 Å². The molecule has 0 unspecified atom stereocenters. The molecule has 106 valence electrons. The first-order valence-electron chi connectivity index (χ1n) is 7.03. The van der Waals surface area contributed by atoms with E-state index in [0.29, 0.717) is 11.6 Å². The van der Waals surface area contributed by atoms with Gasteiger partial charge in [0.15, 0.2) is 0 Å². The van der Waals surface area contributed by atoms with Crippen LogP contribution in [0.5, 0.6) is 5.75 Å². The molecule has 4 heteroatoms. The van der Waals surface area contributed by atoms with Gasteiger partial charge < -0.3 is 20.5 Å². The molecular formula is C15H24N2O2. The Morgan fingerprint density at radius 3 is 2.79 bits per heavy atom. The van der Waals surface area contributed by atoms with Crippen LogP contribution >= 0.6 is 0 Å². The van der Waals surface area contributed by atoms with Crippen LogP contribution in [-0.2, 0) is 4.74 Å². The minimum absolute atomic E-state index is 0.132. The van der Waals surface area contributed by atoms with Crippen molar-refractivity contribution >= 4 is 11.4 Å². The maximum atomic E-state index is 5.91. The van der Waals surface area contributed by atoms with Gasteiger partial charge in [0, 0.05) is 31.5 Å². The third-order valence-electron chi connectivity index (χ3n) is 3.31. The summed E-state index contributed by atoms with van der Waals surface area (Å²) >= 11 is 0. The fraction of sp³-hybridized carbons (Fsp3) is 0.600. The highest BCUT2D eigenvalue weighted by molar-refractivity contribution is 5.61. The summed E-state index contributed by atoms with van der Waals surface area (Å²) in [5.74, 6) is 1.45. The van der Waals surface area contributed by atoms with E-state index in [4.69, 9.17) is 15.2 Å². The molecule has 1 saturated heterocycles. The average molecular weight is 264 g/mol. The lowest BCUT2D eigenvalue weighted by Gasteiger charge is -2.23. The summed E-state index contributed by atoms with van der Waals surface area (Å²) in [7, 11) is 0. The Kier molecular flexibility index (Phi) is 4.91. The molecular weight excluding hydrogens is 240 g/mol. The average Bonchev–Trinajstić information content (AvgIpc) is 2.40. The monoisotopic (exact) mass is 264 g/mol. The second-order valence-corrected chi connectivity index (χ2v) is 5.36. The van der Waals surface area contributed by atoms with Crippen molar-refractivity contribution in [2.24, 2.45) is 5.92 Å². The maximum Gasteiger partial charge on any atom is 0.144 e. The first-order valence-corrected chi connectivity index (χ1v) is 7.03. The Hall–Kier alpha value is -1.42. The molecule has 0 radical (unpaired) electrons. The maximum absolute atomic E-state index is 5.91. The Morgan fingerprint density at radius 2 is 2.11 bits per heavy atom. The number of nitrogen functional groups attached to an aromatic ring is 1. The molecule has 0 bridgehead atoms. The molecule has 0 aromatic heterocycles.